The number of aryl methyl sites for hydroxylation is 3. The molecule has 3 aromatic carbocycles. The molecule has 0 radical (unpaired) electrons. The minimum atomic E-state index is -0.805. The Balaban J connectivity index is 2.02. The molecular formula is C25H25NO. The van der Waals surface area contributed by atoms with Gasteiger partial charge in [0, 0.05) is 11.3 Å². The van der Waals surface area contributed by atoms with Crippen molar-refractivity contribution in [2.45, 2.75) is 39.0 Å². The van der Waals surface area contributed by atoms with Gasteiger partial charge in [-0.25, -0.2) is 0 Å². The first-order valence-electron chi connectivity index (χ1n) is 9.65. The number of carbonyl (C=O) groups is 1. The molecule has 0 saturated heterocycles. The topological polar surface area (TPSA) is 29.1 Å². The number of rotatable bonds is 4. The standard InChI is InChI=1S/C25H25NO/c1-4-5-19-10-15-23-22(16-19)25(24(27)26-23,20-11-6-17(2)7-12-20)21-13-8-18(3)9-14-21/h6-16H,4-5H2,1-3H3,(H,26,27). The number of anilines is 1. The van der Waals surface area contributed by atoms with Gasteiger partial charge in [0.05, 0.1) is 0 Å². The second kappa shape index (κ2) is 6.70. The lowest BCUT2D eigenvalue weighted by Gasteiger charge is -2.29. The third kappa shape index (κ3) is 2.76. The van der Waals surface area contributed by atoms with Crippen molar-refractivity contribution in [1.82, 2.24) is 0 Å². The first-order chi connectivity index (χ1) is 13.1. The highest BCUT2D eigenvalue weighted by molar-refractivity contribution is 6.11. The van der Waals surface area contributed by atoms with Gasteiger partial charge in [-0.05, 0) is 43.0 Å². The van der Waals surface area contributed by atoms with Crippen LogP contribution in [0, 0.1) is 13.8 Å². The van der Waals surface area contributed by atoms with Crippen LogP contribution in [0.15, 0.2) is 66.7 Å². The van der Waals surface area contributed by atoms with Crippen molar-refractivity contribution in [2.75, 3.05) is 5.32 Å². The molecule has 2 heteroatoms. The molecule has 0 bridgehead atoms. The summed E-state index contributed by atoms with van der Waals surface area (Å²) in [5, 5.41) is 3.14. The third-order valence-electron chi connectivity index (χ3n) is 5.58. The summed E-state index contributed by atoms with van der Waals surface area (Å²) in [7, 11) is 0. The van der Waals surface area contributed by atoms with Gasteiger partial charge in [0.2, 0.25) is 5.91 Å². The zero-order chi connectivity index (χ0) is 19.0. The molecule has 1 aliphatic rings. The summed E-state index contributed by atoms with van der Waals surface area (Å²) in [4.78, 5) is 13.5. The van der Waals surface area contributed by atoms with Gasteiger partial charge in [-0.15, -0.1) is 0 Å². The minimum Gasteiger partial charge on any atom is -0.324 e. The van der Waals surface area contributed by atoms with E-state index in [4.69, 9.17) is 0 Å². The fraction of sp³-hybridized carbons (Fsp3) is 0.240. The molecule has 1 heterocycles. The van der Waals surface area contributed by atoms with E-state index in [-0.39, 0.29) is 5.91 Å². The fourth-order valence-corrected chi connectivity index (χ4v) is 4.14. The number of nitrogens with one attached hydrogen (secondary N) is 1. The summed E-state index contributed by atoms with van der Waals surface area (Å²) in [6.45, 7) is 6.33. The van der Waals surface area contributed by atoms with Gasteiger partial charge in [0.25, 0.3) is 0 Å². The van der Waals surface area contributed by atoms with Crippen LogP contribution in [-0.4, -0.2) is 5.91 Å². The molecule has 1 N–H and O–H groups in total. The molecule has 0 spiro atoms. The van der Waals surface area contributed by atoms with Crippen LogP contribution < -0.4 is 5.32 Å². The Kier molecular flexibility index (Phi) is 4.35. The van der Waals surface area contributed by atoms with E-state index in [2.05, 4.69) is 92.8 Å². The molecule has 0 aliphatic carbocycles. The second-order valence-electron chi connectivity index (χ2n) is 7.57. The quantitative estimate of drug-likeness (QED) is 0.654. The van der Waals surface area contributed by atoms with Crippen LogP contribution in [-0.2, 0) is 16.6 Å². The average Bonchev–Trinajstić information content (AvgIpc) is 2.96. The summed E-state index contributed by atoms with van der Waals surface area (Å²) in [5.41, 5.74) is 6.86. The number of hydrogen-bond acceptors (Lipinski definition) is 1. The van der Waals surface area contributed by atoms with Crippen molar-refractivity contribution in [1.29, 1.82) is 0 Å². The lowest BCUT2D eigenvalue weighted by atomic mass is 9.69. The van der Waals surface area contributed by atoms with Gasteiger partial charge in [-0.2, -0.15) is 0 Å². The van der Waals surface area contributed by atoms with Crippen LogP contribution in [0.4, 0.5) is 5.69 Å². The van der Waals surface area contributed by atoms with E-state index >= 15 is 0 Å². The molecule has 136 valence electrons. The molecule has 0 unspecified atom stereocenters. The van der Waals surface area contributed by atoms with Crippen molar-refractivity contribution >= 4 is 11.6 Å². The van der Waals surface area contributed by atoms with E-state index in [0.717, 1.165) is 35.2 Å². The second-order valence-corrected chi connectivity index (χ2v) is 7.57. The Bertz CT molecular complexity index is 938. The minimum absolute atomic E-state index is 0.0267. The van der Waals surface area contributed by atoms with Gasteiger partial charge >= 0.3 is 0 Å². The van der Waals surface area contributed by atoms with Gasteiger partial charge in [0.15, 0.2) is 0 Å². The highest BCUT2D eigenvalue weighted by atomic mass is 16.2. The van der Waals surface area contributed by atoms with Crippen LogP contribution in [0.5, 0.6) is 0 Å². The SMILES string of the molecule is CCCc1ccc2c(c1)C(c1ccc(C)cc1)(c1ccc(C)cc1)C(=O)N2. The Labute approximate surface area is 161 Å². The van der Waals surface area contributed by atoms with Crippen LogP contribution >= 0.6 is 0 Å². The predicted octanol–water partition coefficient (Wildman–Crippen LogP) is 5.54. The maximum Gasteiger partial charge on any atom is 0.244 e. The van der Waals surface area contributed by atoms with Crippen LogP contribution in [0.3, 0.4) is 0 Å². The fourth-order valence-electron chi connectivity index (χ4n) is 4.14. The maximum absolute atomic E-state index is 13.5. The van der Waals surface area contributed by atoms with E-state index < -0.39 is 5.41 Å². The van der Waals surface area contributed by atoms with Gasteiger partial charge in [-0.1, -0.05) is 85.1 Å². The molecular weight excluding hydrogens is 330 g/mol. The van der Waals surface area contributed by atoms with Gasteiger partial charge in [0.1, 0.15) is 5.41 Å². The molecule has 3 aromatic rings. The zero-order valence-corrected chi connectivity index (χ0v) is 16.2. The summed E-state index contributed by atoms with van der Waals surface area (Å²) >= 11 is 0. The lowest BCUT2D eigenvalue weighted by molar-refractivity contribution is -0.118. The van der Waals surface area contributed by atoms with E-state index in [1.54, 1.807) is 0 Å². The summed E-state index contributed by atoms with van der Waals surface area (Å²) in [6.07, 6.45) is 2.10. The molecule has 1 aliphatic heterocycles. The molecule has 1 amide bonds. The van der Waals surface area contributed by atoms with Crippen LogP contribution in [0.25, 0.3) is 0 Å². The molecule has 4 rings (SSSR count). The first kappa shape index (κ1) is 17.5. The summed E-state index contributed by atoms with van der Waals surface area (Å²) in [6, 6.07) is 23.1. The Morgan fingerprint density at radius 3 is 1.89 bits per heavy atom. The van der Waals surface area contributed by atoms with Crippen LogP contribution in [0.2, 0.25) is 0 Å². The molecule has 0 atom stereocenters. The number of benzene rings is 3. The Hall–Kier alpha value is -2.87. The van der Waals surface area contributed by atoms with Crippen molar-refractivity contribution in [3.8, 4) is 0 Å². The molecule has 2 nitrogen and oxygen atoms in total. The zero-order valence-electron chi connectivity index (χ0n) is 16.2. The Morgan fingerprint density at radius 2 is 1.37 bits per heavy atom. The monoisotopic (exact) mass is 355 g/mol. The van der Waals surface area contributed by atoms with Crippen molar-refractivity contribution in [3.05, 3.63) is 100 Å². The van der Waals surface area contributed by atoms with E-state index in [1.807, 2.05) is 0 Å². The molecule has 0 aromatic heterocycles. The summed E-state index contributed by atoms with van der Waals surface area (Å²) < 4.78 is 0. The van der Waals surface area contributed by atoms with Gasteiger partial charge in [-0.3, -0.25) is 4.79 Å². The number of hydrogen-bond donors (Lipinski definition) is 1. The summed E-state index contributed by atoms with van der Waals surface area (Å²) in [5.74, 6) is 0.0267. The molecule has 0 fully saturated rings. The number of amides is 1. The highest BCUT2D eigenvalue weighted by Crippen LogP contribution is 2.48. The smallest absolute Gasteiger partial charge is 0.244 e. The highest BCUT2D eigenvalue weighted by Gasteiger charge is 2.49. The molecule has 0 saturated carbocycles. The van der Waals surface area contributed by atoms with E-state index in [1.165, 1.54) is 16.7 Å². The van der Waals surface area contributed by atoms with Crippen molar-refractivity contribution in [2.24, 2.45) is 0 Å². The molecule has 27 heavy (non-hydrogen) atoms. The van der Waals surface area contributed by atoms with E-state index in [0.29, 0.717) is 0 Å². The average molecular weight is 355 g/mol. The lowest BCUT2D eigenvalue weighted by Crippen LogP contribution is -2.37. The predicted molar refractivity (Wildman–Crippen MR) is 111 cm³/mol. The maximum atomic E-state index is 13.5. The largest absolute Gasteiger partial charge is 0.324 e. The van der Waals surface area contributed by atoms with Crippen molar-refractivity contribution < 1.29 is 4.79 Å². The van der Waals surface area contributed by atoms with Crippen molar-refractivity contribution in [3.63, 3.8) is 0 Å². The number of fused-ring (bicyclic) bond motifs is 1. The van der Waals surface area contributed by atoms with Crippen LogP contribution in [0.1, 0.15) is 46.7 Å². The van der Waals surface area contributed by atoms with Gasteiger partial charge < -0.3 is 5.32 Å². The number of carbonyl (C=O) groups excluding carboxylic acids is 1. The first-order valence-corrected chi connectivity index (χ1v) is 9.65. The van der Waals surface area contributed by atoms with E-state index in [9.17, 15) is 4.79 Å². The third-order valence-corrected chi connectivity index (χ3v) is 5.58. The Morgan fingerprint density at radius 1 is 0.815 bits per heavy atom. The normalized spacial score (nSPS) is 14.7.